The molecule has 4 nitrogen and oxygen atoms in total. The molecular formula is MnNaO4PTi+4. The topological polar surface area (TPSA) is 86.2 Å². The Morgan fingerprint density at radius 1 is 1.12 bits per heavy atom. The van der Waals surface area contributed by atoms with Gasteiger partial charge in [0.05, 0.1) is 0 Å². The summed E-state index contributed by atoms with van der Waals surface area (Å²) in [5, 5.41) is 0. The van der Waals surface area contributed by atoms with E-state index >= 15 is 0 Å². The summed E-state index contributed by atoms with van der Waals surface area (Å²) in [4.78, 5) is 25.6. The van der Waals surface area contributed by atoms with Crippen LogP contribution in [0.1, 0.15) is 0 Å². The van der Waals surface area contributed by atoms with Gasteiger partial charge in [-0.15, -0.1) is 0 Å². The minimum atomic E-state index is -5.39. The minimum Gasteiger partial charge on any atom is -0.822 e. The summed E-state index contributed by atoms with van der Waals surface area (Å²) in [6, 6.07) is 0. The molecule has 0 aromatic carbocycles. The number of hydrogen-bond donors (Lipinski definition) is 0. The monoisotopic (exact) mass is 221 g/mol. The van der Waals surface area contributed by atoms with Crippen molar-refractivity contribution in [3.8, 4) is 0 Å². The van der Waals surface area contributed by atoms with E-state index in [4.69, 9.17) is 19.2 Å². The van der Waals surface area contributed by atoms with Gasteiger partial charge >= 0.3 is 68.3 Å². The van der Waals surface area contributed by atoms with Crippen LogP contribution >= 0.6 is 7.82 Å². The SMILES string of the molecule is O=P([O-])([O-])[O-].[Mn+2].[Na+].[Ti+4]. The van der Waals surface area contributed by atoms with Crippen molar-refractivity contribution in [1.29, 1.82) is 0 Å². The second-order valence-corrected chi connectivity index (χ2v) is 1.34. The molecule has 0 aliphatic rings. The molecule has 0 saturated carbocycles. The van der Waals surface area contributed by atoms with Gasteiger partial charge in [-0.25, -0.2) is 0 Å². The molecule has 0 fully saturated rings. The Balaban J connectivity index is -0.0000000267. The van der Waals surface area contributed by atoms with Crippen LogP contribution in [0.4, 0.5) is 0 Å². The molecule has 8 heteroatoms. The Hall–Kier alpha value is 2.34. The van der Waals surface area contributed by atoms with Crippen molar-refractivity contribution < 1.29 is 87.6 Å². The number of phosphoric acid groups is 1. The van der Waals surface area contributed by atoms with Gasteiger partial charge in [0.25, 0.3) is 0 Å². The van der Waals surface area contributed by atoms with E-state index in [-0.39, 0.29) is 68.3 Å². The predicted octanol–water partition coefficient (Wildman–Crippen LogP) is -5.83. The maximum absolute atomic E-state index is 8.55. The summed E-state index contributed by atoms with van der Waals surface area (Å²) in [7, 11) is -5.39. The Kier molecular flexibility index (Phi) is 26.2. The van der Waals surface area contributed by atoms with Crippen molar-refractivity contribution in [2.75, 3.05) is 0 Å². The molecular weight excluding hydrogens is 221 g/mol. The molecule has 0 heterocycles. The molecule has 1 radical (unpaired) electrons. The molecule has 0 saturated heterocycles. The van der Waals surface area contributed by atoms with E-state index in [9.17, 15) is 0 Å². The fourth-order valence-electron chi connectivity index (χ4n) is 0. The zero-order valence-corrected chi connectivity index (χ0v) is 9.59. The third-order valence-corrected chi connectivity index (χ3v) is 0. The van der Waals surface area contributed by atoms with Gasteiger partial charge in [0.2, 0.25) is 0 Å². The Morgan fingerprint density at radius 3 is 1.12 bits per heavy atom. The van der Waals surface area contributed by atoms with Gasteiger partial charge < -0.3 is 19.2 Å². The maximum Gasteiger partial charge on any atom is 4.00 e. The maximum atomic E-state index is 8.55. The van der Waals surface area contributed by atoms with Crippen molar-refractivity contribution in [1.82, 2.24) is 0 Å². The molecule has 0 aromatic heterocycles. The van der Waals surface area contributed by atoms with Gasteiger partial charge in [0.1, 0.15) is 0 Å². The van der Waals surface area contributed by atoms with E-state index < -0.39 is 7.82 Å². The largest absolute Gasteiger partial charge is 4.00 e. The zero-order chi connectivity index (χ0) is 4.50. The van der Waals surface area contributed by atoms with Crippen LogP contribution in [0, 0.1) is 0 Å². The van der Waals surface area contributed by atoms with Gasteiger partial charge in [0.15, 0.2) is 0 Å². The molecule has 0 aliphatic carbocycles. The van der Waals surface area contributed by atoms with Crippen molar-refractivity contribution in [2.45, 2.75) is 0 Å². The first-order chi connectivity index (χ1) is 2.00. The van der Waals surface area contributed by atoms with Crippen LogP contribution in [0.15, 0.2) is 0 Å². The first-order valence-corrected chi connectivity index (χ1v) is 2.19. The molecule has 0 bridgehead atoms. The molecule has 0 rings (SSSR count). The van der Waals surface area contributed by atoms with Crippen LogP contribution in [-0.4, -0.2) is 0 Å². The normalized spacial score (nSPS) is 7.38. The van der Waals surface area contributed by atoms with Gasteiger partial charge in [-0.05, 0) is 0 Å². The third kappa shape index (κ3) is 81.9. The molecule has 8 heavy (non-hydrogen) atoms. The standard InChI is InChI=1S/Mn.Na.H3O4P.Ti/c;;1-5(2,3)4;/h;;(H3,1,2,3,4);/q+2;+1;;+4/p-3. The van der Waals surface area contributed by atoms with Crippen molar-refractivity contribution >= 4 is 7.82 Å². The summed E-state index contributed by atoms with van der Waals surface area (Å²) in [6.07, 6.45) is 0. The second kappa shape index (κ2) is 9.34. The Bertz CT molecular complexity index is 62.2. The van der Waals surface area contributed by atoms with Crippen LogP contribution < -0.4 is 44.2 Å². The van der Waals surface area contributed by atoms with E-state index in [1.807, 2.05) is 0 Å². The van der Waals surface area contributed by atoms with E-state index in [2.05, 4.69) is 0 Å². The Morgan fingerprint density at radius 2 is 1.12 bits per heavy atom. The number of hydrogen-bond acceptors (Lipinski definition) is 4. The van der Waals surface area contributed by atoms with E-state index in [0.717, 1.165) is 0 Å². The smallest absolute Gasteiger partial charge is 0.822 e. The molecule has 37 valence electrons. The van der Waals surface area contributed by atoms with E-state index in [1.165, 1.54) is 0 Å². The van der Waals surface area contributed by atoms with Crippen molar-refractivity contribution in [2.24, 2.45) is 0 Å². The summed E-state index contributed by atoms with van der Waals surface area (Å²) in [5.74, 6) is 0. The van der Waals surface area contributed by atoms with Crippen LogP contribution in [-0.2, 0) is 43.4 Å². The summed E-state index contributed by atoms with van der Waals surface area (Å²) in [5.41, 5.74) is 0. The van der Waals surface area contributed by atoms with Crippen LogP contribution in [0.3, 0.4) is 0 Å². The first-order valence-electron chi connectivity index (χ1n) is 0.730. The molecule has 0 aromatic rings. The van der Waals surface area contributed by atoms with Crippen molar-refractivity contribution in [3.05, 3.63) is 0 Å². The van der Waals surface area contributed by atoms with E-state index in [1.54, 1.807) is 0 Å². The third-order valence-electron chi connectivity index (χ3n) is 0. The van der Waals surface area contributed by atoms with Gasteiger partial charge in [-0.2, -0.15) is 7.82 Å². The van der Waals surface area contributed by atoms with Crippen molar-refractivity contribution in [3.63, 3.8) is 0 Å². The van der Waals surface area contributed by atoms with Gasteiger partial charge in [-0.1, -0.05) is 0 Å². The number of rotatable bonds is 0. The van der Waals surface area contributed by atoms with Crippen LogP contribution in [0.5, 0.6) is 0 Å². The molecule has 0 aliphatic heterocycles. The summed E-state index contributed by atoms with van der Waals surface area (Å²) < 4.78 is 8.55. The first kappa shape index (κ1) is 22.4. The molecule has 0 amide bonds. The predicted molar refractivity (Wildman–Crippen MR) is 7.61 cm³/mol. The van der Waals surface area contributed by atoms with Crippen LogP contribution in [0.25, 0.3) is 0 Å². The van der Waals surface area contributed by atoms with E-state index in [0.29, 0.717) is 0 Å². The fraction of sp³-hybridized carbons (Fsp3) is 0. The van der Waals surface area contributed by atoms with Gasteiger partial charge in [-0.3, -0.25) is 0 Å². The average molecular weight is 221 g/mol. The molecule has 0 spiro atoms. The fourth-order valence-corrected chi connectivity index (χ4v) is 0. The Labute approximate surface area is 94.3 Å². The van der Waals surface area contributed by atoms with Gasteiger partial charge in [0, 0.05) is 0 Å². The summed E-state index contributed by atoms with van der Waals surface area (Å²) >= 11 is 0. The minimum absolute atomic E-state index is 0. The molecule has 0 unspecified atom stereocenters. The second-order valence-electron chi connectivity index (χ2n) is 0.447. The molecule has 0 atom stereocenters. The van der Waals surface area contributed by atoms with Crippen LogP contribution in [0.2, 0.25) is 0 Å². The quantitative estimate of drug-likeness (QED) is 0.301. The molecule has 0 N–H and O–H groups in total. The zero-order valence-electron chi connectivity index (χ0n) is 3.96. The summed E-state index contributed by atoms with van der Waals surface area (Å²) in [6.45, 7) is 0. The average Bonchev–Trinajstić information content (AvgIpc) is 0.722.